The largest absolute Gasteiger partial charge is 0.481 e. The van der Waals surface area contributed by atoms with Crippen molar-refractivity contribution in [2.75, 3.05) is 13.1 Å². The van der Waals surface area contributed by atoms with E-state index in [4.69, 9.17) is 21.4 Å². The number of amides is 1. The molecule has 0 radical (unpaired) electrons. The fraction of sp³-hybridized carbons (Fsp3) is 0.346. The number of carbonyl (C=O) groups is 2. The fourth-order valence-electron chi connectivity index (χ4n) is 4.64. The molecule has 1 amide bonds. The maximum absolute atomic E-state index is 13.7. The van der Waals surface area contributed by atoms with E-state index in [-0.39, 0.29) is 34.4 Å². The second-order valence-electron chi connectivity index (χ2n) is 8.85. The van der Waals surface area contributed by atoms with Crippen LogP contribution in [0.2, 0.25) is 5.02 Å². The molecule has 1 unspecified atom stereocenters. The number of hydrogen-bond acceptors (Lipinski definition) is 4. The minimum Gasteiger partial charge on any atom is -0.481 e. The van der Waals surface area contributed by atoms with Gasteiger partial charge in [0.05, 0.1) is 11.1 Å². The topological polar surface area (TPSA) is 79.7 Å². The molecule has 0 saturated carbocycles. The molecule has 2 heterocycles. The zero-order valence-electron chi connectivity index (χ0n) is 19.4. The van der Waals surface area contributed by atoms with E-state index >= 15 is 0 Å². The van der Waals surface area contributed by atoms with E-state index in [9.17, 15) is 22.8 Å². The maximum atomic E-state index is 13.7. The van der Waals surface area contributed by atoms with E-state index in [1.54, 1.807) is 30.0 Å². The highest BCUT2D eigenvalue weighted by Gasteiger charge is 2.35. The van der Waals surface area contributed by atoms with E-state index in [0.717, 1.165) is 18.9 Å². The highest BCUT2D eigenvalue weighted by molar-refractivity contribution is 6.34. The Morgan fingerprint density at radius 3 is 2.75 bits per heavy atom. The van der Waals surface area contributed by atoms with E-state index in [0.29, 0.717) is 29.7 Å². The first kappa shape index (κ1) is 25.8. The summed E-state index contributed by atoms with van der Waals surface area (Å²) in [5, 5.41) is 9.47. The van der Waals surface area contributed by atoms with Crippen LogP contribution in [0.1, 0.15) is 31.7 Å². The van der Waals surface area contributed by atoms with Gasteiger partial charge in [-0.25, -0.2) is 0 Å². The fourth-order valence-corrected chi connectivity index (χ4v) is 4.92. The van der Waals surface area contributed by atoms with Gasteiger partial charge < -0.3 is 14.7 Å². The van der Waals surface area contributed by atoms with Crippen LogP contribution in [0, 0.1) is 5.92 Å². The van der Waals surface area contributed by atoms with Crippen molar-refractivity contribution in [1.82, 2.24) is 9.88 Å². The molecular formula is C26H24ClF3N2O4. The summed E-state index contributed by atoms with van der Waals surface area (Å²) in [5.41, 5.74) is -0.300. The number of halogens is 4. The number of ether oxygens (including phenoxy) is 1. The molecule has 0 aliphatic carbocycles. The van der Waals surface area contributed by atoms with Gasteiger partial charge in [-0.2, -0.15) is 13.2 Å². The van der Waals surface area contributed by atoms with Crippen molar-refractivity contribution in [3.8, 4) is 16.9 Å². The van der Waals surface area contributed by atoms with E-state index in [1.165, 1.54) is 24.4 Å². The third kappa shape index (κ3) is 5.56. The number of carboxylic acids is 1. The zero-order chi connectivity index (χ0) is 26.0. The second kappa shape index (κ2) is 10.3. The Kier molecular flexibility index (Phi) is 7.40. The predicted molar refractivity (Wildman–Crippen MR) is 129 cm³/mol. The summed E-state index contributed by atoms with van der Waals surface area (Å²) in [6.07, 6.45) is -2.54. The molecule has 6 nitrogen and oxygen atoms in total. The number of fused-ring (bicyclic) bond motifs is 1. The minimum atomic E-state index is -4.59. The van der Waals surface area contributed by atoms with Crippen molar-refractivity contribution in [1.29, 1.82) is 0 Å². The van der Waals surface area contributed by atoms with Gasteiger partial charge in [0, 0.05) is 47.7 Å². The van der Waals surface area contributed by atoms with Gasteiger partial charge in [0.2, 0.25) is 0 Å². The minimum absolute atomic E-state index is 0.0131. The third-order valence-electron chi connectivity index (χ3n) is 6.26. The van der Waals surface area contributed by atoms with Crippen molar-refractivity contribution in [2.24, 2.45) is 5.92 Å². The molecule has 10 heteroatoms. The smallest absolute Gasteiger partial charge is 0.417 e. The number of aromatic nitrogens is 1. The van der Waals surface area contributed by atoms with Crippen LogP contribution in [-0.2, 0) is 15.8 Å². The van der Waals surface area contributed by atoms with Crippen molar-refractivity contribution < 1.29 is 32.6 Å². The number of pyridine rings is 1. The molecule has 3 aromatic rings. The molecule has 2 aromatic carbocycles. The van der Waals surface area contributed by atoms with Gasteiger partial charge in [-0.15, -0.1) is 0 Å². The van der Waals surface area contributed by atoms with Crippen LogP contribution < -0.4 is 4.74 Å². The second-order valence-corrected chi connectivity index (χ2v) is 9.26. The number of benzene rings is 2. The molecule has 4 rings (SSSR count). The lowest BCUT2D eigenvalue weighted by molar-refractivity contribution is -0.143. The van der Waals surface area contributed by atoms with Crippen LogP contribution in [-0.4, -0.2) is 46.1 Å². The summed E-state index contributed by atoms with van der Waals surface area (Å²) in [4.78, 5) is 29.8. The lowest BCUT2D eigenvalue weighted by Gasteiger charge is -2.33. The van der Waals surface area contributed by atoms with Crippen LogP contribution >= 0.6 is 11.6 Å². The molecule has 0 spiro atoms. The SMILES string of the molecule is CC(Oc1ccc2c(-c3c(Cl)cccc3C(F)(F)F)ccnc2c1)C(=O)N1CCC[C@H](CC(=O)O)C1. The number of hydrogen-bond donors (Lipinski definition) is 1. The lowest BCUT2D eigenvalue weighted by atomic mass is 9.94. The quantitative estimate of drug-likeness (QED) is 0.428. The monoisotopic (exact) mass is 520 g/mol. The van der Waals surface area contributed by atoms with Gasteiger partial charge in [-0.1, -0.05) is 17.7 Å². The van der Waals surface area contributed by atoms with Gasteiger partial charge in [-0.3, -0.25) is 14.6 Å². The first-order valence-corrected chi connectivity index (χ1v) is 11.8. The molecule has 1 aliphatic rings. The number of likely N-dealkylation sites (tertiary alicyclic amines) is 1. The number of alkyl halides is 3. The van der Waals surface area contributed by atoms with Gasteiger partial charge in [-0.05, 0) is 61.6 Å². The van der Waals surface area contributed by atoms with Gasteiger partial charge in [0.1, 0.15) is 5.75 Å². The highest BCUT2D eigenvalue weighted by atomic mass is 35.5. The van der Waals surface area contributed by atoms with Crippen LogP contribution in [0.5, 0.6) is 5.75 Å². The Labute approximate surface area is 210 Å². The summed E-state index contributed by atoms with van der Waals surface area (Å²) >= 11 is 6.20. The average Bonchev–Trinajstić information content (AvgIpc) is 2.82. The summed E-state index contributed by atoms with van der Waals surface area (Å²) < 4.78 is 46.9. The van der Waals surface area contributed by atoms with Gasteiger partial charge >= 0.3 is 12.1 Å². The van der Waals surface area contributed by atoms with Crippen molar-refractivity contribution >= 4 is 34.4 Å². The van der Waals surface area contributed by atoms with Crippen LogP contribution in [0.4, 0.5) is 13.2 Å². The Morgan fingerprint density at radius 1 is 1.25 bits per heavy atom. The summed E-state index contributed by atoms with van der Waals surface area (Å²) in [7, 11) is 0. The number of rotatable bonds is 6. The van der Waals surface area contributed by atoms with E-state index in [2.05, 4.69) is 4.98 Å². The van der Waals surface area contributed by atoms with Crippen LogP contribution in [0.25, 0.3) is 22.0 Å². The normalized spacial score (nSPS) is 17.1. The van der Waals surface area contributed by atoms with Crippen LogP contribution in [0.15, 0.2) is 48.7 Å². The molecule has 1 saturated heterocycles. The Hall–Kier alpha value is -3.33. The number of piperidine rings is 1. The summed E-state index contributed by atoms with van der Waals surface area (Å²) in [5.74, 6) is -0.900. The van der Waals surface area contributed by atoms with E-state index < -0.39 is 23.8 Å². The zero-order valence-corrected chi connectivity index (χ0v) is 20.1. The number of carbonyl (C=O) groups excluding carboxylic acids is 1. The molecular weight excluding hydrogens is 497 g/mol. The molecule has 1 aliphatic heterocycles. The van der Waals surface area contributed by atoms with Crippen molar-refractivity contribution in [2.45, 2.75) is 38.5 Å². The van der Waals surface area contributed by atoms with Crippen molar-refractivity contribution in [3.63, 3.8) is 0 Å². The van der Waals surface area contributed by atoms with Gasteiger partial charge in [0.25, 0.3) is 5.91 Å². The highest BCUT2D eigenvalue weighted by Crippen LogP contribution is 2.43. The number of carboxylic acid groups (broad SMARTS) is 1. The molecule has 36 heavy (non-hydrogen) atoms. The molecule has 1 fully saturated rings. The lowest BCUT2D eigenvalue weighted by Crippen LogP contribution is -2.46. The summed E-state index contributed by atoms with van der Waals surface area (Å²) in [6.45, 7) is 2.50. The predicted octanol–water partition coefficient (Wildman–Crippen LogP) is 6.05. The first-order valence-electron chi connectivity index (χ1n) is 11.5. The average molecular weight is 521 g/mol. The molecule has 2 atom stereocenters. The molecule has 190 valence electrons. The summed E-state index contributed by atoms with van der Waals surface area (Å²) in [6, 6.07) is 9.87. The first-order chi connectivity index (χ1) is 17.0. The Balaban J connectivity index is 1.58. The Morgan fingerprint density at radius 2 is 2.03 bits per heavy atom. The van der Waals surface area contributed by atoms with Crippen molar-refractivity contribution in [3.05, 3.63) is 59.2 Å². The Bertz CT molecular complexity index is 1300. The third-order valence-corrected chi connectivity index (χ3v) is 6.57. The molecule has 1 N–H and O–H groups in total. The molecule has 0 bridgehead atoms. The molecule has 1 aromatic heterocycles. The maximum Gasteiger partial charge on any atom is 0.417 e. The standard InChI is InChI=1S/C26H24ClF3N2O4/c1-15(25(35)32-11-3-4-16(14-32)12-23(33)34)36-17-7-8-18-19(9-10-31-22(18)13-17)24-20(26(28,29)30)5-2-6-21(24)27/h2,5-10,13,15-16H,3-4,11-12,14H2,1H3,(H,33,34)/t15?,16-/m1/s1. The van der Waals surface area contributed by atoms with Crippen LogP contribution in [0.3, 0.4) is 0 Å². The number of nitrogens with zero attached hydrogens (tertiary/aromatic N) is 2. The number of aliphatic carboxylic acids is 1. The van der Waals surface area contributed by atoms with Gasteiger partial charge in [0.15, 0.2) is 6.10 Å². The van der Waals surface area contributed by atoms with E-state index in [1.807, 2.05) is 0 Å².